The minimum atomic E-state index is 0.0987. The van der Waals surface area contributed by atoms with Crippen LogP contribution in [0, 0.1) is 6.92 Å². The summed E-state index contributed by atoms with van der Waals surface area (Å²) in [5.74, 6) is 0.0987. The molecule has 0 aliphatic carbocycles. The Bertz CT molecular complexity index is 549. The maximum atomic E-state index is 12.4. The van der Waals surface area contributed by atoms with E-state index in [9.17, 15) is 4.79 Å². The molecule has 1 aromatic carbocycles. The molecule has 0 fully saturated rings. The lowest BCUT2D eigenvalue weighted by Crippen LogP contribution is -2.32. The molecule has 0 aliphatic heterocycles. The third kappa shape index (κ3) is 3.67. The summed E-state index contributed by atoms with van der Waals surface area (Å²) in [5, 5.41) is 0. The van der Waals surface area contributed by atoms with Gasteiger partial charge in [0.05, 0.1) is 0 Å². The van der Waals surface area contributed by atoms with Crippen molar-refractivity contribution in [2.75, 3.05) is 13.1 Å². The van der Waals surface area contributed by atoms with Gasteiger partial charge in [-0.15, -0.1) is 0 Å². The van der Waals surface area contributed by atoms with E-state index in [1.807, 2.05) is 55.1 Å². The zero-order valence-corrected chi connectivity index (χ0v) is 12.0. The second kappa shape index (κ2) is 6.85. The molecule has 0 N–H and O–H groups in total. The Kier molecular flexibility index (Phi) is 4.88. The molecule has 2 aromatic rings. The summed E-state index contributed by atoms with van der Waals surface area (Å²) in [6.45, 7) is 5.49. The molecule has 0 atom stereocenters. The van der Waals surface area contributed by atoms with Crippen LogP contribution in [0.4, 0.5) is 0 Å². The molecule has 1 aromatic heterocycles. The molecule has 3 heteroatoms. The summed E-state index contributed by atoms with van der Waals surface area (Å²) in [4.78, 5) is 18.3. The van der Waals surface area contributed by atoms with Gasteiger partial charge in [-0.25, -0.2) is 0 Å². The number of aromatic nitrogens is 1. The van der Waals surface area contributed by atoms with Gasteiger partial charge < -0.3 is 4.90 Å². The minimum absolute atomic E-state index is 0.0987. The summed E-state index contributed by atoms with van der Waals surface area (Å²) >= 11 is 0. The van der Waals surface area contributed by atoms with Gasteiger partial charge in [0.25, 0.3) is 5.91 Å². The predicted molar refractivity (Wildman–Crippen MR) is 80.7 cm³/mol. The van der Waals surface area contributed by atoms with E-state index in [4.69, 9.17) is 0 Å². The number of benzene rings is 1. The van der Waals surface area contributed by atoms with Crippen LogP contribution < -0.4 is 0 Å². The largest absolute Gasteiger partial charge is 0.339 e. The molecular formula is C17H20N2O. The molecule has 1 heterocycles. The average molecular weight is 268 g/mol. The van der Waals surface area contributed by atoms with Gasteiger partial charge in [0.2, 0.25) is 0 Å². The van der Waals surface area contributed by atoms with Crippen molar-refractivity contribution < 1.29 is 4.79 Å². The maximum absolute atomic E-state index is 12.4. The molecular weight excluding hydrogens is 248 g/mol. The number of nitrogens with zero attached hydrogens (tertiary/aromatic N) is 2. The maximum Gasteiger partial charge on any atom is 0.253 e. The molecule has 2 rings (SSSR count). The number of rotatable bonds is 5. The smallest absolute Gasteiger partial charge is 0.253 e. The molecule has 0 spiro atoms. The molecule has 3 nitrogen and oxygen atoms in total. The Morgan fingerprint density at radius 3 is 2.35 bits per heavy atom. The first kappa shape index (κ1) is 14.3. The van der Waals surface area contributed by atoms with E-state index in [0.717, 1.165) is 25.1 Å². The number of aryl methyl sites for hydroxylation is 1. The number of carbonyl (C=O) groups excluding carboxylic acids is 1. The highest BCUT2D eigenvalue weighted by molar-refractivity contribution is 5.94. The Balaban J connectivity index is 2.00. The first-order valence-electron chi connectivity index (χ1n) is 6.95. The van der Waals surface area contributed by atoms with Crippen LogP contribution in [-0.2, 0) is 6.42 Å². The van der Waals surface area contributed by atoms with Crippen molar-refractivity contribution >= 4 is 5.91 Å². The highest BCUT2D eigenvalue weighted by atomic mass is 16.2. The molecule has 0 bridgehead atoms. The quantitative estimate of drug-likeness (QED) is 0.835. The van der Waals surface area contributed by atoms with E-state index in [1.54, 1.807) is 12.4 Å². The van der Waals surface area contributed by atoms with Crippen molar-refractivity contribution in [3.8, 4) is 0 Å². The Hall–Kier alpha value is -2.16. The van der Waals surface area contributed by atoms with Crippen LogP contribution in [0.5, 0.6) is 0 Å². The SMILES string of the molecule is CCN(CCc1ccncc1)C(=O)c1ccc(C)cc1. The van der Waals surface area contributed by atoms with Gasteiger partial charge in [-0.3, -0.25) is 9.78 Å². The van der Waals surface area contributed by atoms with Crippen LogP contribution in [-0.4, -0.2) is 28.9 Å². The van der Waals surface area contributed by atoms with Gasteiger partial charge in [-0.1, -0.05) is 17.7 Å². The number of hydrogen-bond donors (Lipinski definition) is 0. The van der Waals surface area contributed by atoms with Crippen molar-refractivity contribution in [1.29, 1.82) is 0 Å². The molecule has 1 amide bonds. The molecule has 0 radical (unpaired) electrons. The summed E-state index contributed by atoms with van der Waals surface area (Å²) in [5.41, 5.74) is 3.13. The molecule has 104 valence electrons. The Labute approximate surface area is 120 Å². The van der Waals surface area contributed by atoms with Gasteiger partial charge in [-0.05, 0) is 50.1 Å². The Morgan fingerprint density at radius 2 is 1.75 bits per heavy atom. The number of amides is 1. The van der Waals surface area contributed by atoms with E-state index < -0.39 is 0 Å². The summed E-state index contributed by atoms with van der Waals surface area (Å²) < 4.78 is 0. The second-order valence-corrected chi connectivity index (χ2v) is 4.86. The fourth-order valence-corrected chi connectivity index (χ4v) is 2.10. The zero-order chi connectivity index (χ0) is 14.4. The van der Waals surface area contributed by atoms with Crippen LogP contribution in [0.2, 0.25) is 0 Å². The first-order valence-corrected chi connectivity index (χ1v) is 6.95. The lowest BCUT2D eigenvalue weighted by Gasteiger charge is -2.21. The Morgan fingerprint density at radius 1 is 1.10 bits per heavy atom. The van der Waals surface area contributed by atoms with Crippen LogP contribution >= 0.6 is 0 Å². The second-order valence-electron chi connectivity index (χ2n) is 4.86. The normalized spacial score (nSPS) is 10.3. The fourth-order valence-electron chi connectivity index (χ4n) is 2.10. The summed E-state index contributed by atoms with van der Waals surface area (Å²) in [6.07, 6.45) is 4.43. The standard InChI is InChI=1S/C17H20N2O/c1-3-19(13-10-15-8-11-18-12-9-15)17(20)16-6-4-14(2)5-7-16/h4-9,11-12H,3,10,13H2,1-2H3. The van der Waals surface area contributed by atoms with Crippen LogP contribution in [0.1, 0.15) is 28.4 Å². The number of hydrogen-bond acceptors (Lipinski definition) is 2. The molecule has 0 saturated carbocycles. The fraction of sp³-hybridized carbons (Fsp3) is 0.294. The van der Waals surface area contributed by atoms with Crippen molar-refractivity contribution in [1.82, 2.24) is 9.88 Å². The predicted octanol–water partition coefficient (Wildman–Crippen LogP) is 3.09. The van der Waals surface area contributed by atoms with E-state index in [2.05, 4.69) is 4.98 Å². The highest BCUT2D eigenvalue weighted by Crippen LogP contribution is 2.08. The third-order valence-electron chi connectivity index (χ3n) is 3.39. The van der Waals surface area contributed by atoms with Gasteiger partial charge in [0.1, 0.15) is 0 Å². The molecule has 0 aliphatic rings. The van der Waals surface area contributed by atoms with Crippen molar-refractivity contribution in [3.63, 3.8) is 0 Å². The molecule has 0 saturated heterocycles. The zero-order valence-electron chi connectivity index (χ0n) is 12.0. The topological polar surface area (TPSA) is 33.2 Å². The first-order chi connectivity index (χ1) is 9.70. The average Bonchev–Trinajstić information content (AvgIpc) is 2.49. The van der Waals surface area contributed by atoms with E-state index in [1.165, 1.54) is 11.1 Å². The summed E-state index contributed by atoms with van der Waals surface area (Å²) in [7, 11) is 0. The highest BCUT2D eigenvalue weighted by Gasteiger charge is 2.13. The number of pyridine rings is 1. The monoisotopic (exact) mass is 268 g/mol. The van der Waals surface area contributed by atoms with Crippen LogP contribution in [0.25, 0.3) is 0 Å². The van der Waals surface area contributed by atoms with Crippen LogP contribution in [0.3, 0.4) is 0 Å². The number of carbonyl (C=O) groups is 1. The van der Waals surface area contributed by atoms with Crippen molar-refractivity contribution in [3.05, 3.63) is 65.5 Å². The van der Waals surface area contributed by atoms with Crippen molar-refractivity contribution in [2.45, 2.75) is 20.3 Å². The van der Waals surface area contributed by atoms with Gasteiger partial charge >= 0.3 is 0 Å². The lowest BCUT2D eigenvalue weighted by molar-refractivity contribution is 0.0766. The van der Waals surface area contributed by atoms with E-state index in [0.29, 0.717) is 0 Å². The van der Waals surface area contributed by atoms with Crippen molar-refractivity contribution in [2.24, 2.45) is 0 Å². The molecule has 20 heavy (non-hydrogen) atoms. The lowest BCUT2D eigenvalue weighted by atomic mass is 10.1. The van der Waals surface area contributed by atoms with E-state index >= 15 is 0 Å². The van der Waals surface area contributed by atoms with E-state index in [-0.39, 0.29) is 5.91 Å². The third-order valence-corrected chi connectivity index (χ3v) is 3.39. The summed E-state index contributed by atoms with van der Waals surface area (Å²) in [6, 6.07) is 11.7. The molecule has 0 unspecified atom stereocenters. The van der Waals surface area contributed by atoms with Gasteiger partial charge in [0.15, 0.2) is 0 Å². The van der Waals surface area contributed by atoms with Gasteiger partial charge in [-0.2, -0.15) is 0 Å². The number of likely N-dealkylation sites (N-methyl/N-ethyl adjacent to an activating group) is 1. The van der Waals surface area contributed by atoms with Crippen LogP contribution in [0.15, 0.2) is 48.8 Å². The minimum Gasteiger partial charge on any atom is -0.339 e. The van der Waals surface area contributed by atoms with Gasteiger partial charge in [0, 0.05) is 31.0 Å².